The number of amides is 2. The second-order valence-electron chi connectivity index (χ2n) is 10.7. The molecular weight excluding hydrogens is 602 g/mol. The molecule has 0 radical (unpaired) electrons. The number of carbonyl (C=O) groups is 2. The van der Waals surface area contributed by atoms with Gasteiger partial charge in [-0.05, 0) is 79.6 Å². The summed E-state index contributed by atoms with van der Waals surface area (Å²) in [6, 6.07) is 26.3. The number of para-hydroxylation sites is 1. The number of anilines is 3. The zero-order chi connectivity index (χ0) is 33.3. The van der Waals surface area contributed by atoms with Gasteiger partial charge in [0.25, 0.3) is 21.8 Å². The predicted molar refractivity (Wildman–Crippen MR) is 185 cm³/mol. The Labute approximate surface area is 271 Å². The molecular formula is C35H41N5O5S. The minimum atomic E-state index is -4.07. The summed E-state index contributed by atoms with van der Waals surface area (Å²) in [5.41, 5.74) is 4.31. The fourth-order valence-electron chi connectivity index (χ4n) is 5.03. The molecule has 0 fully saturated rings. The molecule has 4 aromatic carbocycles. The highest BCUT2D eigenvalue weighted by Gasteiger charge is 2.22. The van der Waals surface area contributed by atoms with Gasteiger partial charge in [0.15, 0.2) is 0 Å². The van der Waals surface area contributed by atoms with Crippen molar-refractivity contribution >= 4 is 38.9 Å². The van der Waals surface area contributed by atoms with Crippen LogP contribution in [0.25, 0.3) is 11.1 Å². The van der Waals surface area contributed by atoms with Crippen LogP contribution in [0, 0.1) is 0 Å². The van der Waals surface area contributed by atoms with E-state index in [1.165, 1.54) is 7.11 Å². The summed E-state index contributed by atoms with van der Waals surface area (Å²) in [6.07, 6.45) is 0. The molecule has 46 heavy (non-hydrogen) atoms. The molecule has 4 aromatic rings. The lowest BCUT2D eigenvalue weighted by Gasteiger charge is -2.19. The molecule has 4 rings (SSSR count). The smallest absolute Gasteiger partial charge is 0.265 e. The van der Waals surface area contributed by atoms with Gasteiger partial charge >= 0.3 is 0 Å². The van der Waals surface area contributed by atoms with Crippen molar-refractivity contribution in [2.75, 3.05) is 62.3 Å². The number of methoxy groups -OCH3 is 1. The molecule has 2 amide bonds. The average molecular weight is 644 g/mol. The van der Waals surface area contributed by atoms with Crippen LogP contribution in [0.5, 0.6) is 5.75 Å². The van der Waals surface area contributed by atoms with Crippen LogP contribution in [0.1, 0.15) is 34.6 Å². The number of nitrogens with one attached hydrogen (secondary N) is 3. The fraction of sp³-hybridized carbons (Fsp3) is 0.257. The van der Waals surface area contributed by atoms with Crippen LogP contribution in [0.15, 0.2) is 95.9 Å². The summed E-state index contributed by atoms with van der Waals surface area (Å²) in [6.45, 7) is 5.83. The summed E-state index contributed by atoms with van der Waals surface area (Å²) in [7, 11) is 1.12. The third-order valence-electron chi connectivity index (χ3n) is 7.43. The summed E-state index contributed by atoms with van der Waals surface area (Å²) in [4.78, 5) is 29.2. The van der Waals surface area contributed by atoms with Gasteiger partial charge in [-0.3, -0.25) is 14.3 Å². The van der Waals surface area contributed by atoms with Crippen LogP contribution in [-0.2, 0) is 10.0 Å². The highest BCUT2D eigenvalue weighted by molar-refractivity contribution is 7.92. The number of hydrogen-bond acceptors (Lipinski definition) is 7. The van der Waals surface area contributed by atoms with Crippen LogP contribution in [0.4, 0.5) is 17.1 Å². The first-order chi connectivity index (χ1) is 22.1. The Bertz CT molecular complexity index is 1790. The SMILES string of the molecule is CCN(CC)C(=O)c1cccc(-c2ccc(OC)c(S(=O)(=O)Nc3cccc(NCCNC(=O)c4ccccc4N(C)C)c3)c2)c1. The number of rotatable bonds is 14. The Kier molecular flexibility index (Phi) is 11.3. The molecule has 0 spiro atoms. The molecule has 0 saturated heterocycles. The monoisotopic (exact) mass is 643 g/mol. The van der Waals surface area contributed by atoms with E-state index < -0.39 is 10.0 Å². The summed E-state index contributed by atoms with van der Waals surface area (Å²) in [5, 5.41) is 6.14. The van der Waals surface area contributed by atoms with Crippen LogP contribution >= 0.6 is 0 Å². The second-order valence-corrected chi connectivity index (χ2v) is 12.4. The van der Waals surface area contributed by atoms with Gasteiger partial charge in [0.2, 0.25) is 0 Å². The number of hydrogen-bond donors (Lipinski definition) is 3. The minimum Gasteiger partial charge on any atom is -0.495 e. The lowest BCUT2D eigenvalue weighted by atomic mass is 10.0. The number of benzene rings is 4. The van der Waals surface area contributed by atoms with E-state index in [1.54, 1.807) is 65.6 Å². The summed E-state index contributed by atoms with van der Waals surface area (Å²) < 4.78 is 35.3. The molecule has 0 saturated carbocycles. The maximum absolute atomic E-state index is 13.6. The maximum atomic E-state index is 13.6. The lowest BCUT2D eigenvalue weighted by Crippen LogP contribution is -2.30. The van der Waals surface area contributed by atoms with Crippen molar-refractivity contribution in [3.05, 3.63) is 102 Å². The van der Waals surface area contributed by atoms with Crippen molar-refractivity contribution in [1.29, 1.82) is 0 Å². The molecule has 242 valence electrons. The van der Waals surface area contributed by atoms with Crippen molar-refractivity contribution in [2.24, 2.45) is 0 Å². The van der Waals surface area contributed by atoms with Gasteiger partial charge in [0.05, 0.1) is 18.4 Å². The zero-order valence-electron chi connectivity index (χ0n) is 26.8. The molecule has 10 nitrogen and oxygen atoms in total. The third-order valence-corrected chi connectivity index (χ3v) is 8.83. The first kappa shape index (κ1) is 33.9. The standard InChI is InChI=1S/C35H41N5O5S/c1-6-40(7-2)35(42)27-13-10-12-25(22-27)26-18-19-32(45-5)33(23-26)46(43,44)38-29-15-11-14-28(24-29)36-20-21-37-34(41)30-16-8-9-17-31(30)39(3)4/h8-19,22-24,36,38H,6-7,20-21H2,1-5H3,(H,37,41). The van der Waals surface area contributed by atoms with E-state index in [0.29, 0.717) is 59.8 Å². The number of nitrogens with zero attached hydrogens (tertiary/aromatic N) is 2. The average Bonchev–Trinajstić information content (AvgIpc) is 3.06. The van der Waals surface area contributed by atoms with Gasteiger partial charge in [0.1, 0.15) is 10.6 Å². The summed E-state index contributed by atoms with van der Waals surface area (Å²) >= 11 is 0. The van der Waals surface area contributed by atoms with E-state index in [9.17, 15) is 18.0 Å². The van der Waals surface area contributed by atoms with Gasteiger partial charge in [-0.15, -0.1) is 0 Å². The van der Waals surface area contributed by atoms with E-state index in [0.717, 1.165) is 5.69 Å². The maximum Gasteiger partial charge on any atom is 0.265 e. The quantitative estimate of drug-likeness (QED) is 0.154. The van der Waals surface area contributed by atoms with Gasteiger partial charge < -0.3 is 25.2 Å². The van der Waals surface area contributed by atoms with Crippen LogP contribution in [0.3, 0.4) is 0 Å². The fourth-order valence-corrected chi connectivity index (χ4v) is 6.27. The van der Waals surface area contributed by atoms with Crippen LogP contribution in [-0.4, -0.2) is 72.5 Å². The molecule has 11 heteroatoms. The molecule has 0 atom stereocenters. The molecule has 0 bridgehead atoms. The topological polar surface area (TPSA) is 120 Å². The van der Waals surface area contributed by atoms with E-state index in [-0.39, 0.29) is 22.5 Å². The highest BCUT2D eigenvalue weighted by Crippen LogP contribution is 2.32. The van der Waals surface area contributed by atoms with Crippen molar-refractivity contribution < 1.29 is 22.7 Å². The Morgan fingerprint density at radius 2 is 1.48 bits per heavy atom. The second kappa shape index (κ2) is 15.3. The third kappa shape index (κ3) is 8.16. The molecule has 3 N–H and O–H groups in total. The normalized spacial score (nSPS) is 11.0. The molecule has 0 unspecified atom stereocenters. The van der Waals surface area contributed by atoms with Gasteiger partial charge in [-0.25, -0.2) is 8.42 Å². The van der Waals surface area contributed by atoms with Crippen molar-refractivity contribution in [2.45, 2.75) is 18.7 Å². The van der Waals surface area contributed by atoms with E-state index in [2.05, 4.69) is 15.4 Å². The zero-order valence-corrected chi connectivity index (χ0v) is 27.6. The largest absolute Gasteiger partial charge is 0.495 e. The molecule has 0 aliphatic heterocycles. The van der Waals surface area contributed by atoms with Crippen molar-refractivity contribution in [3.8, 4) is 16.9 Å². The first-order valence-corrected chi connectivity index (χ1v) is 16.5. The van der Waals surface area contributed by atoms with E-state index in [4.69, 9.17) is 4.74 Å². The van der Waals surface area contributed by atoms with Crippen LogP contribution < -0.4 is 25.0 Å². The van der Waals surface area contributed by atoms with E-state index >= 15 is 0 Å². The van der Waals surface area contributed by atoms with Gasteiger partial charge in [-0.1, -0.05) is 36.4 Å². The van der Waals surface area contributed by atoms with Crippen LogP contribution in [0.2, 0.25) is 0 Å². The summed E-state index contributed by atoms with van der Waals surface area (Å²) in [5.74, 6) is -0.0705. The minimum absolute atomic E-state index is 0.0351. The number of ether oxygens (including phenoxy) is 1. The molecule has 0 aliphatic rings. The molecule has 0 heterocycles. The Balaban J connectivity index is 1.46. The Morgan fingerprint density at radius 3 is 2.20 bits per heavy atom. The number of sulfonamides is 1. The Morgan fingerprint density at radius 1 is 0.783 bits per heavy atom. The van der Waals surface area contributed by atoms with Crippen molar-refractivity contribution in [1.82, 2.24) is 10.2 Å². The predicted octanol–water partition coefficient (Wildman–Crippen LogP) is 5.55. The first-order valence-electron chi connectivity index (χ1n) is 15.1. The van der Waals surface area contributed by atoms with Crippen molar-refractivity contribution in [3.63, 3.8) is 0 Å². The molecule has 0 aliphatic carbocycles. The van der Waals surface area contributed by atoms with Gasteiger partial charge in [0, 0.05) is 57.2 Å². The Hall–Kier alpha value is -5.03. The lowest BCUT2D eigenvalue weighted by molar-refractivity contribution is 0.0772. The number of carbonyl (C=O) groups excluding carboxylic acids is 2. The van der Waals surface area contributed by atoms with E-state index in [1.807, 2.05) is 63.2 Å². The molecule has 0 aromatic heterocycles. The van der Waals surface area contributed by atoms with Gasteiger partial charge in [-0.2, -0.15) is 0 Å². The highest BCUT2D eigenvalue weighted by atomic mass is 32.2.